The van der Waals surface area contributed by atoms with Gasteiger partial charge >= 0.3 is 0 Å². The molecular formula is C20H18BrNO3. The molecule has 0 radical (unpaired) electrons. The summed E-state index contributed by atoms with van der Waals surface area (Å²) in [5.74, 6) is 0.144. The Hall–Kier alpha value is -2.40. The van der Waals surface area contributed by atoms with Gasteiger partial charge in [-0.2, -0.15) is 0 Å². The summed E-state index contributed by atoms with van der Waals surface area (Å²) in [7, 11) is 0. The van der Waals surface area contributed by atoms with Crippen molar-refractivity contribution in [2.75, 3.05) is 5.32 Å². The molecule has 1 aromatic heterocycles. The average molecular weight is 400 g/mol. The second-order valence-electron chi connectivity index (χ2n) is 6.11. The van der Waals surface area contributed by atoms with E-state index in [-0.39, 0.29) is 18.1 Å². The summed E-state index contributed by atoms with van der Waals surface area (Å²) in [6, 6.07) is 12.7. The second-order valence-corrected chi connectivity index (χ2v) is 7.23. The van der Waals surface area contributed by atoms with Crippen LogP contribution in [0.4, 0.5) is 5.69 Å². The van der Waals surface area contributed by atoms with Crippen molar-refractivity contribution in [1.82, 2.24) is 0 Å². The van der Waals surface area contributed by atoms with Gasteiger partial charge in [-0.25, -0.2) is 0 Å². The first-order valence-electron chi connectivity index (χ1n) is 8.00. The van der Waals surface area contributed by atoms with Crippen LogP contribution >= 0.6 is 15.9 Å². The van der Waals surface area contributed by atoms with E-state index in [9.17, 15) is 9.59 Å². The van der Waals surface area contributed by atoms with Crippen LogP contribution in [0, 0.1) is 5.41 Å². The van der Waals surface area contributed by atoms with Crippen molar-refractivity contribution in [3.63, 3.8) is 0 Å². The fraction of sp³-hybridized carbons (Fsp3) is 0.200. The van der Waals surface area contributed by atoms with Crippen molar-refractivity contribution in [1.29, 1.82) is 0 Å². The van der Waals surface area contributed by atoms with Crippen molar-refractivity contribution < 1.29 is 14.0 Å². The molecule has 3 rings (SSSR count). The number of ketones is 1. The topological polar surface area (TPSA) is 59.3 Å². The first-order valence-corrected chi connectivity index (χ1v) is 8.79. The van der Waals surface area contributed by atoms with Crippen molar-refractivity contribution in [3.8, 4) is 0 Å². The maximum absolute atomic E-state index is 13.1. The number of carbonyl (C=O) groups is 2. The van der Waals surface area contributed by atoms with E-state index in [2.05, 4.69) is 27.8 Å². The fourth-order valence-corrected chi connectivity index (χ4v) is 3.61. The number of hydrogen-bond donors (Lipinski definition) is 1. The number of amides is 1. The number of benzene rings is 1. The number of allylic oxidation sites excluding steroid dienone is 2. The molecule has 1 fully saturated rings. The molecule has 1 aliphatic rings. The molecule has 128 valence electrons. The van der Waals surface area contributed by atoms with Gasteiger partial charge in [0.15, 0.2) is 5.78 Å². The van der Waals surface area contributed by atoms with Gasteiger partial charge in [-0.1, -0.05) is 40.7 Å². The standard InChI is InChI=1S/C20H18BrNO3/c1-14(21)13-20(19(24)22-16-6-3-2-4-7-16)10-9-15(18(20)23)12-17-8-5-11-25-17/h2-8,11-12H,1,9-10,13H2,(H,22,24)/b15-12+. The summed E-state index contributed by atoms with van der Waals surface area (Å²) < 4.78 is 5.92. The van der Waals surface area contributed by atoms with Crippen LogP contribution in [-0.4, -0.2) is 11.7 Å². The molecule has 0 saturated heterocycles. The van der Waals surface area contributed by atoms with E-state index in [1.807, 2.05) is 18.2 Å². The minimum Gasteiger partial charge on any atom is -0.465 e. The zero-order valence-corrected chi connectivity index (χ0v) is 15.2. The van der Waals surface area contributed by atoms with Crippen molar-refractivity contribution in [2.24, 2.45) is 5.41 Å². The summed E-state index contributed by atoms with van der Waals surface area (Å²) in [4.78, 5) is 26.1. The first-order chi connectivity index (χ1) is 12.0. The monoisotopic (exact) mass is 399 g/mol. The number of Topliss-reactive ketones (excluding diaryl/α,β-unsaturated/α-hetero) is 1. The lowest BCUT2D eigenvalue weighted by molar-refractivity contribution is -0.135. The predicted octanol–water partition coefficient (Wildman–Crippen LogP) is 4.95. The molecular weight excluding hydrogens is 382 g/mol. The average Bonchev–Trinajstić information content (AvgIpc) is 3.20. The summed E-state index contributed by atoms with van der Waals surface area (Å²) >= 11 is 3.32. The van der Waals surface area contributed by atoms with Gasteiger partial charge in [0, 0.05) is 17.7 Å². The zero-order valence-electron chi connectivity index (χ0n) is 13.6. The molecule has 0 bridgehead atoms. The lowest BCUT2D eigenvalue weighted by Gasteiger charge is -2.25. The molecule has 1 heterocycles. The van der Waals surface area contributed by atoms with Gasteiger partial charge in [0.25, 0.3) is 0 Å². The van der Waals surface area contributed by atoms with Gasteiger partial charge in [-0.3, -0.25) is 9.59 Å². The van der Waals surface area contributed by atoms with E-state index >= 15 is 0 Å². The smallest absolute Gasteiger partial charge is 0.238 e. The van der Waals surface area contributed by atoms with E-state index in [1.165, 1.54) is 0 Å². The number of anilines is 1. The van der Waals surface area contributed by atoms with E-state index in [0.29, 0.717) is 34.3 Å². The SMILES string of the molecule is C=C(Br)CC1(C(=O)Nc2ccccc2)CC/C(=C\c2ccco2)C1=O. The van der Waals surface area contributed by atoms with Gasteiger partial charge in [0.05, 0.1) is 6.26 Å². The van der Waals surface area contributed by atoms with Crippen molar-refractivity contribution in [2.45, 2.75) is 19.3 Å². The molecule has 1 unspecified atom stereocenters. The van der Waals surface area contributed by atoms with Crippen LogP contribution < -0.4 is 5.32 Å². The van der Waals surface area contributed by atoms with Gasteiger partial charge in [-0.15, -0.1) is 0 Å². The lowest BCUT2D eigenvalue weighted by Crippen LogP contribution is -2.40. The Morgan fingerprint density at radius 1 is 1.28 bits per heavy atom. The number of rotatable bonds is 5. The summed E-state index contributed by atoms with van der Waals surface area (Å²) in [5.41, 5.74) is 0.129. The minimum atomic E-state index is -1.14. The maximum Gasteiger partial charge on any atom is 0.238 e. The number of carbonyl (C=O) groups excluding carboxylic acids is 2. The van der Waals surface area contributed by atoms with Crippen LogP contribution in [0.25, 0.3) is 6.08 Å². The Morgan fingerprint density at radius 2 is 2.04 bits per heavy atom. The van der Waals surface area contributed by atoms with E-state index in [1.54, 1.807) is 36.6 Å². The molecule has 1 amide bonds. The highest BCUT2D eigenvalue weighted by molar-refractivity contribution is 9.11. The molecule has 4 nitrogen and oxygen atoms in total. The lowest BCUT2D eigenvalue weighted by atomic mass is 9.80. The number of para-hydroxylation sites is 1. The van der Waals surface area contributed by atoms with Crippen molar-refractivity contribution in [3.05, 3.63) is 71.1 Å². The molecule has 1 aliphatic carbocycles. The van der Waals surface area contributed by atoms with Crippen LogP contribution in [-0.2, 0) is 9.59 Å². The quantitative estimate of drug-likeness (QED) is 0.571. The molecule has 1 atom stereocenters. The Bertz CT molecular complexity index is 824. The predicted molar refractivity (Wildman–Crippen MR) is 101 cm³/mol. The van der Waals surface area contributed by atoms with Gasteiger partial charge in [0.1, 0.15) is 11.2 Å². The van der Waals surface area contributed by atoms with Crippen LogP contribution in [0.2, 0.25) is 0 Å². The molecule has 1 N–H and O–H groups in total. The molecule has 0 spiro atoms. The van der Waals surface area contributed by atoms with E-state index < -0.39 is 5.41 Å². The second kappa shape index (κ2) is 7.23. The van der Waals surface area contributed by atoms with Crippen LogP contribution in [0.1, 0.15) is 25.0 Å². The van der Waals surface area contributed by atoms with E-state index in [0.717, 1.165) is 0 Å². The maximum atomic E-state index is 13.1. The molecule has 0 aliphatic heterocycles. The highest BCUT2D eigenvalue weighted by atomic mass is 79.9. The van der Waals surface area contributed by atoms with Gasteiger partial charge in [0.2, 0.25) is 5.91 Å². The number of hydrogen-bond acceptors (Lipinski definition) is 3. The minimum absolute atomic E-state index is 0.169. The first kappa shape index (κ1) is 17.4. The number of furan rings is 1. The number of nitrogens with one attached hydrogen (secondary N) is 1. The summed E-state index contributed by atoms with van der Waals surface area (Å²) in [5, 5.41) is 2.87. The Labute approximate surface area is 154 Å². The Kier molecular flexibility index (Phi) is 5.04. The largest absolute Gasteiger partial charge is 0.465 e. The third-order valence-corrected chi connectivity index (χ3v) is 4.65. The number of halogens is 1. The zero-order chi connectivity index (χ0) is 17.9. The third-order valence-electron chi connectivity index (χ3n) is 4.37. The highest BCUT2D eigenvalue weighted by Crippen LogP contribution is 2.45. The van der Waals surface area contributed by atoms with Crippen molar-refractivity contribution >= 4 is 39.4 Å². The fourth-order valence-electron chi connectivity index (χ4n) is 3.13. The van der Waals surface area contributed by atoms with Gasteiger partial charge < -0.3 is 9.73 Å². The van der Waals surface area contributed by atoms with E-state index in [4.69, 9.17) is 4.42 Å². The Balaban J connectivity index is 1.90. The molecule has 1 aromatic carbocycles. The Morgan fingerprint density at radius 3 is 2.68 bits per heavy atom. The third kappa shape index (κ3) is 3.66. The summed E-state index contributed by atoms with van der Waals surface area (Å²) in [6.45, 7) is 3.83. The molecule has 5 heteroatoms. The highest BCUT2D eigenvalue weighted by Gasteiger charge is 2.51. The van der Waals surface area contributed by atoms with Crippen LogP contribution in [0.15, 0.2) is 69.8 Å². The molecule has 2 aromatic rings. The van der Waals surface area contributed by atoms with Crippen LogP contribution in [0.3, 0.4) is 0 Å². The normalized spacial score (nSPS) is 21.5. The van der Waals surface area contributed by atoms with Crippen LogP contribution in [0.5, 0.6) is 0 Å². The summed E-state index contributed by atoms with van der Waals surface area (Å²) in [6.07, 6.45) is 4.52. The molecule has 1 saturated carbocycles. The molecule has 25 heavy (non-hydrogen) atoms. The van der Waals surface area contributed by atoms with Gasteiger partial charge in [-0.05, 0) is 47.7 Å².